The van der Waals surface area contributed by atoms with Gasteiger partial charge in [0.2, 0.25) is 5.91 Å². The quantitative estimate of drug-likeness (QED) is 0.423. The van der Waals surface area contributed by atoms with Crippen LogP contribution < -0.4 is 10.1 Å². The van der Waals surface area contributed by atoms with Crippen molar-refractivity contribution in [2.75, 3.05) is 11.9 Å². The molecular weight excluding hydrogens is 460 g/mol. The molecule has 1 aliphatic heterocycles. The SMILES string of the molecule is Cc1cc(C)c(NC(=O)CN2C(=O)S/C(=C/c3cccc(OCc4ccccc4)c3)C2=O)c(C)c1. The first kappa shape index (κ1) is 24.3. The number of carbonyl (C=O) groups excluding carboxylic acids is 3. The predicted octanol–water partition coefficient (Wildman–Crippen LogP) is 5.87. The maximum Gasteiger partial charge on any atom is 0.294 e. The number of anilines is 1. The first-order chi connectivity index (χ1) is 16.8. The highest BCUT2D eigenvalue weighted by atomic mass is 32.2. The van der Waals surface area contributed by atoms with Gasteiger partial charge in [0.1, 0.15) is 18.9 Å². The lowest BCUT2D eigenvalue weighted by Gasteiger charge is -2.15. The number of carbonyl (C=O) groups is 3. The Balaban J connectivity index is 1.42. The van der Waals surface area contributed by atoms with Crippen molar-refractivity contribution in [1.82, 2.24) is 4.90 Å². The van der Waals surface area contributed by atoms with Gasteiger partial charge in [-0.25, -0.2) is 0 Å². The molecule has 1 aliphatic rings. The van der Waals surface area contributed by atoms with Gasteiger partial charge in [-0.3, -0.25) is 19.3 Å². The van der Waals surface area contributed by atoms with Crippen molar-refractivity contribution in [2.45, 2.75) is 27.4 Å². The monoisotopic (exact) mass is 486 g/mol. The van der Waals surface area contributed by atoms with E-state index >= 15 is 0 Å². The Hall–Kier alpha value is -3.84. The predicted molar refractivity (Wildman–Crippen MR) is 139 cm³/mol. The number of nitrogens with zero attached hydrogens (tertiary/aromatic N) is 1. The average Bonchev–Trinajstić information content (AvgIpc) is 3.08. The molecular formula is C28H26N2O4S. The topological polar surface area (TPSA) is 75.7 Å². The summed E-state index contributed by atoms with van der Waals surface area (Å²) >= 11 is 0.827. The average molecular weight is 487 g/mol. The fourth-order valence-corrected chi connectivity index (χ4v) is 4.76. The molecule has 4 rings (SSSR count). The summed E-state index contributed by atoms with van der Waals surface area (Å²) in [4.78, 5) is 39.3. The minimum atomic E-state index is -0.483. The van der Waals surface area contributed by atoms with Gasteiger partial charge in [0, 0.05) is 5.69 Å². The third-order valence-corrected chi connectivity index (χ3v) is 6.43. The fourth-order valence-electron chi connectivity index (χ4n) is 3.92. The zero-order valence-corrected chi connectivity index (χ0v) is 20.6. The highest BCUT2D eigenvalue weighted by Crippen LogP contribution is 2.33. The van der Waals surface area contributed by atoms with E-state index in [1.54, 1.807) is 6.08 Å². The van der Waals surface area contributed by atoms with Gasteiger partial charge in [0.25, 0.3) is 11.1 Å². The van der Waals surface area contributed by atoms with E-state index in [4.69, 9.17) is 4.74 Å². The van der Waals surface area contributed by atoms with Gasteiger partial charge in [-0.2, -0.15) is 0 Å². The van der Waals surface area contributed by atoms with Crippen LogP contribution in [0.25, 0.3) is 6.08 Å². The molecule has 6 nitrogen and oxygen atoms in total. The minimum absolute atomic E-state index is 0.269. The normalized spacial score (nSPS) is 14.5. The van der Waals surface area contributed by atoms with Crippen LogP contribution in [0.15, 0.2) is 71.6 Å². The molecule has 0 atom stereocenters. The second-order valence-corrected chi connectivity index (χ2v) is 9.43. The molecule has 3 aromatic carbocycles. The van der Waals surface area contributed by atoms with Gasteiger partial charge >= 0.3 is 0 Å². The maximum absolute atomic E-state index is 12.9. The Morgan fingerprint density at radius 1 is 0.971 bits per heavy atom. The van der Waals surface area contributed by atoms with E-state index in [0.717, 1.165) is 44.5 Å². The third kappa shape index (κ3) is 6.00. The van der Waals surface area contributed by atoms with E-state index in [-0.39, 0.29) is 11.4 Å². The second-order valence-electron chi connectivity index (χ2n) is 8.44. The summed E-state index contributed by atoms with van der Waals surface area (Å²) < 4.78 is 5.85. The smallest absolute Gasteiger partial charge is 0.294 e. The van der Waals surface area contributed by atoms with E-state index in [2.05, 4.69) is 5.32 Å². The molecule has 3 aromatic rings. The molecule has 178 valence electrons. The van der Waals surface area contributed by atoms with Gasteiger partial charge in [0.05, 0.1) is 4.91 Å². The van der Waals surface area contributed by atoms with Crippen LogP contribution in [-0.4, -0.2) is 28.5 Å². The first-order valence-corrected chi connectivity index (χ1v) is 12.0. The van der Waals surface area contributed by atoms with Crippen LogP contribution in [0.1, 0.15) is 27.8 Å². The first-order valence-electron chi connectivity index (χ1n) is 11.2. The zero-order valence-electron chi connectivity index (χ0n) is 19.8. The van der Waals surface area contributed by atoms with Crippen LogP contribution in [0.5, 0.6) is 5.75 Å². The Morgan fingerprint density at radius 2 is 1.69 bits per heavy atom. The van der Waals surface area contributed by atoms with Gasteiger partial charge in [-0.1, -0.05) is 60.2 Å². The number of benzene rings is 3. The number of aryl methyl sites for hydroxylation is 3. The molecule has 1 N–H and O–H groups in total. The van der Waals surface area contributed by atoms with Crippen LogP contribution in [0.3, 0.4) is 0 Å². The van der Waals surface area contributed by atoms with Crippen molar-refractivity contribution in [3.8, 4) is 5.75 Å². The maximum atomic E-state index is 12.9. The van der Waals surface area contributed by atoms with Crippen molar-refractivity contribution in [1.29, 1.82) is 0 Å². The number of imide groups is 1. The molecule has 3 amide bonds. The molecule has 0 aromatic heterocycles. The number of thioether (sulfide) groups is 1. The van der Waals surface area contributed by atoms with Gasteiger partial charge in [-0.15, -0.1) is 0 Å². The van der Waals surface area contributed by atoms with Crippen LogP contribution in [0, 0.1) is 20.8 Å². The van der Waals surface area contributed by atoms with Crippen LogP contribution in [0.2, 0.25) is 0 Å². The van der Waals surface area contributed by atoms with Crippen molar-refractivity contribution in [2.24, 2.45) is 0 Å². The molecule has 0 aliphatic carbocycles. The van der Waals surface area contributed by atoms with E-state index in [1.807, 2.05) is 87.5 Å². The van der Waals surface area contributed by atoms with E-state index in [0.29, 0.717) is 18.0 Å². The number of nitrogens with one attached hydrogen (secondary N) is 1. The molecule has 0 radical (unpaired) electrons. The molecule has 0 saturated carbocycles. The number of hydrogen-bond acceptors (Lipinski definition) is 5. The van der Waals surface area contributed by atoms with Gasteiger partial charge in [0.15, 0.2) is 0 Å². The van der Waals surface area contributed by atoms with Crippen molar-refractivity contribution >= 4 is 40.6 Å². The lowest BCUT2D eigenvalue weighted by molar-refractivity contribution is -0.127. The van der Waals surface area contributed by atoms with Crippen molar-refractivity contribution in [3.63, 3.8) is 0 Å². The third-order valence-electron chi connectivity index (χ3n) is 5.52. The Bertz CT molecular complexity index is 1290. The van der Waals surface area contributed by atoms with E-state index in [1.165, 1.54) is 0 Å². The highest BCUT2D eigenvalue weighted by Gasteiger charge is 2.36. The largest absolute Gasteiger partial charge is 0.489 e. The lowest BCUT2D eigenvalue weighted by atomic mass is 10.1. The molecule has 0 spiro atoms. The summed E-state index contributed by atoms with van der Waals surface area (Å²) in [5.41, 5.74) is 5.45. The van der Waals surface area contributed by atoms with E-state index < -0.39 is 17.1 Å². The Labute approximate surface area is 209 Å². The van der Waals surface area contributed by atoms with E-state index in [9.17, 15) is 14.4 Å². The summed E-state index contributed by atoms with van der Waals surface area (Å²) in [6, 6.07) is 21.1. The summed E-state index contributed by atoms with van der Waals surface area (Å²) in [6.07, 6.45) is 1.65. The Kier molecular flexibility index (Phi) is 7.36. The molecule has 1 saturated heterocycles. The summed E-state index contributed by atoms with van der Waals surface area (Å²) in [5.74, 6) is -0.243. The molecule has 7 heteroatoms. The fraction of sp³-hybridized carbons (Fsp3) is 0.179. The van der Waals surface area contributed by atoms with Crippen LogP contribution in [0.4, 0.5) is 10.5 Å². The second kappa shape index (κ2) is 10.6. The molecule has 0 unspecified atom stereocenters. The number of rotatable bonds is 7. The van der Waals surface area contributed by atoms with Gasteiger partial charge in [-0.05, 0) is 73.0 Å². The lowest BCUT2D eigenvalue weighted by Crippen LogP contribution is -2.36. The molecule has 1 heterocycles. The highest BCUT2D eigenvalue weighted by molar-refractivity contribution is 8.18. The summed E-state index contributed by atoms with van der Waals surface area (Å²) in [5, 5.41) is 2.38. The molecule has 0 bridgehead atoms. The standard InChI is InChI=1S/C28H26N2O4S/c1-18-12-19(2)26(20(3)13-18)29-25(31)16-30-27(32)24(35-28(30)33)15-22-10-7-11-23(14-22)34-17-21-8-5-4-6-9-21/h4-15H,16-17H2,1-3H3,(H,29,31)/b24-15+. The zero-order chi connectivity index (χ0) is 24.9. The minimum Gasteiger partial charge on any atom is -0.489 e. The molecule has 1 fully saturated rings. The van der Waals surface area contributed by atoms with Crippen LogP contribution >= 0.6 is 11.8 Å². The number of amides is 3. The number of hydrogen-bond donors (Lipinski definition) is 1. The molecule has 35 heavy (non-hydrogen) atoms. The summed E-state index contributed by atoms with van der Waals surface area (Å²) in [6.45, 7) is 5.90. The Morgan fingerprint density at radius 3 is 2.40 bits per heavy atom. The van der Waals surface area contributed by atoms with Crippen molar-refractivity contribution in [3.05, 3.63) is 99.5 Å². The van der Waals surface area contributed by atoms with Gasteiger partial charge < -0.3 is 10.1 Å². The van der Waals surface area contributed by atoms with Crippen molar-refractivity contribution < 1.29 is 19.1 Å². The number of ether oxygens (including phenoxy) is 1. The van der Waals surface area contributed by atoms with Crippen LogP contribution in [-0.2, 0) is 16.2 Å². The summed E-state index contributed by atoms with van der Waals surface area (Å²) in [7, 11) is 0.